The molecule has 1 aromatic heterocycles. The summed E-state index contributed by atoms with van der Waals surface area (Å²) in [5, 5.41) is 0. The van der Waals surface area contributed by atoms with Crippen LogP contribution in [0.3, 0.4) is 0 Å². The van der Waals surface area contributed by atoms with E-state index in [0.29, 0.717) is 0 Å². The summed E-state index contributed by atoms with van der Waals surface area (Å²) in [5.41, 5.74) is 2.36. The Morgan fingerprint density at radius 2 is 2.00 bits per heavy atom. The lowest BCUT2D eigenvalue weighted by Crippen LogP contribution is -2.31. The van der Waals surface area contributed by atoms with Crippen LogP contribution in [0.2, 0.25) is 0 Å². The van der Waals surface area contributed by atoms with E-state index in [1.54, 1.807) is 0 Å². The molecule has 0 aliphatic rings. The molecule has 2 heteroatoms. The van der Waals surface area contributed by atoms with Gasteiger partial charge in [0.2, 0.25) is 6.33 Å². The maximum atomic E-state index is 3.86. The number of aryl methyl sites for hydroxylation is 1. The van der Waals surface area contributed by atoms with Crippen LogP contribution in [0.5, 0.6) is 0 Å². The molecule has 2 rings (SSSR count). The third-order valence-electron chi connectivity index (χ3n) is 2.21. The van der Waals surface area contributed by atoms with Crippen molar-refractivity contribution in [2.24, 2.45) is 7.05 Å². The summed E-state index contributed by atoms with van der Waals surface area (Å²) in [5.74, 6) is 0. The van der Waals surface area contributed by atoms with E-state index in [2.05, 4.69) is 36.1 Å². The quantitative estimate of drug-likeness (QED) is 0.629. The number of hydrogen-bond donors (Lipinski definition) is 0. The molecule has 0 bridgehead atoms. The summed E-state index contributed by atoms with van der Waals surface area (Å²) in [7, 11) is 2.02. The Kier molecular flexibility index (Phi) is 2.35. The zero-order valence-electron chi connectivity index (χ0n) is 8.35. The van der Waals surface area contributed by atoms with E-state index in [0.717, 1.165) is 12.1 Å². The average molecular weight is 186 g/mol. The van der Waals surface area contributed by atoms with Gasteiger partial charge in [0, 0.05) is 0 Å². The van der Waals surface area contributed by atoms with E-state index in [4.69, 9.17) is 0 Å². The van der Waals surface area contributed by atoms with E-state index in [-0.39, 0.29) is 0 Å². The standard InChI is InChI=1S/C12H14N2/c1-11-3-5-12(6-4-11)9-14-8-7-13(2)10-14/h3-8,10H,1,9H2,2H3/q+1. The van der Waals surface area contributed by atoms with E-state index in [1.807, 2.05) is 29.9 Å². The number of benzene rings is 1. The third-order valence-corrected chi connectivity index (χ3v) is 2.21. The second kappa shape index (κ2) is 3.66. The molecule has 1 heterocycles. The largest absolute Gasteiger partial charge is 0.243 e. The second-order valence-electron chi connectivity index (χ2n) is 3.57. The highest BCUT2D eigenvalue weighted by molar-refractivity contribution is 5.23. The minimum absolute atomic E-state index is 0.918. The van der Waals surface area contributed by atoms with Crippen molar-refractivity contribution in [3.8, 4) is 0 Å². The smallest absolute Gasteiger partial charge is 0.240 e. The predicted octanol–water partition coefficient (Wildman–Crippen LogP) is 1.54. The molecule has 0 atom stereocenters. The van der Waals surface area contributed by atoms with Gasteiger partial charge in [0.05, 0.1) is 7.05 Å². The first-order chi connectivity index (χ1) is 6.74. The van der Waals surface area contributed by atoms with Gasteiger partial charge in [-0.3, -0.25) is 0 Å². The molecular weight excluding hydrogens is 172 g/mol. The summed E-state index contributed by atoms with van der Waals surface area (Å²) >= 11 is 0. The Balaban J connectivity index is 2.15. The molecule has 2 nitrogen and oxygen atoms in total. The van der Waals surface area contributed by atoms with Crippen LogP contribution in [0.15, 0.2) is 43.0 Å². The fourth-order valence-electron chi connectivity index (χ4n) is 1.45. The Morgan fingerprint density at radius 3 is 2.57 bits per heavy atom. The van der Waals surface area contributed by atoms with Gasteiger partial charge in [-0.05, 0) is 18.1 Å². The van der Waals surface area contributed by atoms with Gasteiger partial charge in [0.15, 0.2) is 0 Å². The lowest BCUT2D eigenvalue weighted by Gasteiger charge is -1.98. The van der Waals surface area contributed by atoms with Crippen molar-refractivity contribution in [1.29, 1.82) is 0 Å². The highest BCUT2D eigenvalue weighted by Crippen LogP contribution is 2.02. The fourth-order valence-corrected chi connectivity index (χ4v) is 1.45. The molecule has 2 aromatic rings. The van der Waals surface area contributed by atoms with Crippen LogP contribution in [0.4, 0.5) is 0 Å². The molecular formula is C12H14N2+. The zero-order valence-corrected chi connectivity index (χ0v) is 8.35. The number of aromatic nitrogens is 2. The van der Waals surface area contributed by atoms with Gasteiger partial charge < -0.3 is 0 Å². The second-order valence-corrected chi connectivity index (χ2v) is 3.57. The lowest BCUT2D eigenvalue weighted by atomic mass is 10.1. The van der Waals surface area contributed by atoms with Gasteiger partial charge in [-0.15, -0.1) is 0 Å². The van der Waals surface area contributed by atoms with Crippen molar-refractivity contribution in [3.05, 3.63) is 61.0 Å². The first kappa shape index (κ1) is 9.00. The molecule has 0 aliphatic carbocycles. The van der Waals surface area contributed by atoms with Crippen LogP contribution in [0.1, 0.15) is 11.1 Å². The van der Waals surface area contributed by atoms with Crippen molar-refractivity contribution in [2.45, 2.75) is 6.54 Å². The summed E-state index contributed by atoms with van der Waals surface area (Å²) in [6.45, 7) is 4.78. The van der Waals surface area contributed by atoms with Gasteiger partial charge in [0.25, 0.3) is 0 Å². The minimum atomic E-state index is 0.918. The molecule has 1 aromatic carbocycles. The molecule has 0 aliphatic heterocycles. The molecule has 1 radical (unpaired) electrons. The van der Waals surface area contributed by atoms with E-state index >= 15 is 0 Å². The first-order valence-electron chi connectivity index (χ1n) is 4.66. The Bertz CT molecular complexity index is 412. The summed E-state index contributed by atoms with van der Waals surface area (Å²) < 4.78 is 4.19. The van der Waals surface area contributed by atoms with Crippen LogP contribution in [0, 0.1) is 6.92 Å². The zero-order chi connectivity index (χ0) is 9.97. The Morgan fingerprint density at radius 1 is 1.29 bits per heavy atom. The van der Waals surface area contributed by atoms with E-state index < -0.39 is 0 Å². The third kappa shape index (κ3) is 2.02. The Labute approximate surface area is 84.4 Å². The van der Waals surface area contributed by atoms with Gasteiger partial charge >= 0.3 is 0 Å². The molecule has 14 heavy (non-hydrogen) atoms. The highest BCUT2D eigenvalue weighted by Gasteiger charge is 2.00. The predicted molar refractivity (Wildman–Crippen MR) is 55.6 cm³/mol. The molecule has 0 N–H and O–H groups in total. The van der Waals surface area contributed by atoms with Crippen molar-refractivity contribution in [1.82, 2.24) is 4.57 Å². The van der Waals surface area contributed by atoms with Crippen molar-refractivity contribution < 1.29 is 4.57 Å². The van der Waals surface area contributed by atoms with Crippen LogP contribution in [-0.2, 0) is 13.6 Å². The molecule has 71 valence electrons. The van der Waals surface area contributed by atoms with Crippen LogP contribution < -0.4 is 4.57 Å². The molecule has 0 amide bonds. The normalized spacial score (nSPS) is 10.4. The Hall–Kier alpha value is -1.57. The highest BCUT2D eigenvalue weighted by atomic mass is 15.1. The number of nitrogens with zero attached hydrogens (tertiary/aromatic N) is 2. The average Bonchev–Trinajstić information content (AvgIpc) is 2.56. The van der Waals surface area contributed by atoms with Crippen LogP contribution in [-0.4, -0.2) is 4.57 Å². The van der Waals surface area contributed by atoms with E-state index in [1.165, 1.54) is 5.56 Å². The summed E-state index contributed by atoms with van der Waals surface area (Å²) in [6, 6.07) is 8.31. The maximum Gasteiger partial charge on any atom is 0.243 e. The maximum absolute atomic E-state index is 3.86. The molecule has 0 unspecified atom stereocenters. The monoisotopic (exact) mass is 186 g/mol. The summed E-state index contributed by atoms with van der Waals surface area (Å²) in [6.07, 6.45) is 6.17. The van der Waals surface area contributed by atoms with Crippen molar-refractivity contribution >= 4 is 0 Å². The topological polar surface area (TPSA) is 8.81 Å². The first-order valence-corrected chi connectivity index (χ1v) is 4.66. The van der Waals surface area contributed by atoms with Gasteiger partial charge in [-0.25, -0.2) is 9.13 Å². The van der Waals surface area contributed by atoms with Gasteiger partial charge in [-0.2, -0.15) is 0 Å². The number of hydrogen-bond acceptors (Lipinski definition) is 0. The molecule has 0 fully saturated rings. The molecule has 0 saturated carbocycles. The minimum Gasteiger partial charge on any atom is -0.240 e. The van der Waals surface area contributed by atoms with Gasteiger partial charge in [-0.1, -0.05) is 24.3 Å². The van der Waals surface area contributed by atoms with Crippen LogP contribution in [0.25, 0.3) is 0 Å². The van der Waals surface area contributed by atoms with Crippen molar-refractivity contribution in [2.75, 3.05) is 0 Å². The SMILES string of the molecule is [CH2]c1ccc(C[n+]2ccn(C)c2)cc1. The van der Waals surface area contributed by atoms with E-state index in [9.17, 15) is 0 Å². The fraction of sp³-hybridized carbons (Fsp3) is 0.167. The molecule has 0 saturated heterocycles. The van der Waals surface area contributed by atoms with Crippen molar-refractivity contribution in [3.63, 3.8) is 0 Å². The lowest BCUT2D eigenvalue weighted by molar-refractivity contribution is -0.687. The molecule has 0 spiro atoms. The van der Waals surface area contributed by atoms with Gasteiger partial charge in [0.1, 0.15) is 18.9 Å². The van der Waals surface area contributed by atoms with Crippen LogP contribution >= 0.6 is 0 Å². The number of imidazole rings is 1. The number of rotatable bonds is 2. The summed E-state index contributed by atoms with van der Waals surface area (Å²) in [4.78, 5) is 0.